The number of rotatable bonds is 1. The van der Waals surface area contributed by atoms with Gasteiger partial charge in [0.2, 0.25) is 0 Å². The van der Waals surface area contributed by atoms with Crippen molar-refractivity contribution in [2.45, 2.75) is 32.7 Å². The van der Waals surface area contributed by atoms with Crippen molar-refractivity contribution in [2.24, 2.45) is 5.92 Å². The second-order valence-electron chi connectivity index (χ2n) is 2.67. The molecule has 0 radical (unpaired) electrons. The SMILES string of the molecule is CC(C)C1CC(O)OO1. The number of aliphatic hydroxyl groups excluding tert-OH is 1. The lowest BCUT2D eigenvalue weighted by Crippen LogP contribution is -2.13. The Morgan fingerprint density at radius 1 is 1.44 bits per heavy atom. The average Bonchev–Trinajstić information content (AvgIpc) is 2.14. The Balaban J connectivity index is 2.30. The number of aliphatic hydroxyl groups is 1. The van der Waals surface area contributed by atoms with E-state index < -0.39 is 6.29 Å². The third-order valence-corrected chi connectivity index (χ3v) is 1.47. The molecule has 0 spiro atoms. The maximum absolute atomic E-state index is 8.80. The quantitative estimate of drug-likeness (QED) is 0.533. The van der Waals surface area contributed by atoms with Gasteiger partial charge in [-0.05, 0) is 5.92 Å². The number of hydrogen-bond acceptors (Lipinski definition) is 3. The van der Waals surface area contributed by atoms with E-state index in [1.54, 1.807) is 0 Å². The summed E-state index contributed by atoms with van der Waals surface area (Å²) in [6.45, 7) is 4.07. The Kier molecular flexibility index (Phi) is 2.05. The van der Waals surface area contributed by atoms with Crippen LogP contribution in [0, 0.1) is 5.92 Å². The normalized spacial score (nSPS) is 36.0. The molecule has 0 aliphatic carbocycles. The average molecular weight is 132 g/mol. The lowest BCUT2D eigenvalue weighted by molar-refractivity contribution is -0.337. The molecule has 0 aromatic carbocycles. The molecule has 2 unspecified atom stereocenters. The van der Waals surface area contributed by atoms with Crippen LogP contribution >= 0.6 is 0 Å². The van der Waals surface area contributed by atoms with Gasteiger partial charge in [0.15, 0.2) is 6.29 Å². The highest BCUT2D eigenvalue weighted by Crippen LogP contribution is 2.20. The minimum Gasteiger partial charge on any atom is -0.366 e. The van der Waals surface area contributed by atoms with Crippen molar-refractivity contribution in [3.05, 3.63) is 0 Å². The van der Waals surface area contributed by atoms with Gasteiger partial charge in [-0.1, -0.05) is 13.8 Å². The molecule has 0 bridgehead atoms. The van der Waals surface area contributed by atoms with E-state index in [2.05, 4.69) is 4.89 Å². The van der Waals surface area contributed by atoms with Crippen molar-refractivity contribution < 1.29 is 14.9 Å². The van der Waals surface area contributed by atoms with Gasteiger partial charge < -0.3 is 5.11 Å². The van der Waals surface area contributed by atoms with Crippen molar-refractivity contribution >= 4 is 0 Å². The van der Waals surface area contributed by atoms with Crippen LogP contribution in [0.3, 0.4) is 0 Å². The van der Waals surface area contributed by atoms with Gasteiger partial charge in [0, 0.05) is 6.42 Å². The van der Waals surface area contributed by atoms with E-state index in [-0.39, 0.29) is 6.10 Å². The summed E-state index contributed by atoms with van der Waals surface area (Å²) in [6.07, 6.45) is -0.0464. The van der Waals surface area contributed by atoms with Crippen LogP contribution in [-0.2, 0) is 9.78 Å². The van der Waals surface area contributed by atoms with Crippen LogP contribution < -0.4 is 0 Å². The van der Waals surface area contributed by atoms with Crippen LogP contribution in [0.2, 0.25) is 0 Å². The maximum Gasteiger partial charge on any atom is 0.191 e. The van der Waals surface area contributed by atoms with E-state index in [9.17, 15) is 0 Å². The molecule has 0 aromatic rings. The molecule has 1 heterocycles. The third-order valence-electron chi connectivity index (χ3n) is 1.47. The lowest BCUT2D eigenvalue weighted by atomic mass is 10.1. The molecule has 9 heavy (non-hydrogen) atoms. The summed E-state index contributed by atoms with van der Waals surface area (Å²) >= 11 is 0. The van der Waals surface area contributed by atoms with Gasteiger partial charge >= 0.3 is 0 Å². The molecule has 2 atom stereocenters. The van der Waals surface area contributed by atoms with Gasteiger partial charge in [0.05, 0.1) is 0 Å². The van der Waals surface area contributed by atoms with Crippen LogP contribution in [0.5, 0.6) is 0 Å². The Labute approximate surface area is 54.5 Å². The predicted molar refractivity (Wildman–Crippen MR) is 31.4 cm³/mol. The van der Waals surface area contributed by atoms with Crippen molar-refractivity contribution in [1.29, 1.82) is 0 Å². The highest BCUT2D eigenvalue weighted by atomic mass is 17.2. The molecule has 0 aromatic heterocycles. The van der Waals surface area contributed by atoms with E-state index in [4.69, 9.17) is 9.99 Å². The summed E-state index contributed by atoms with van der Waals surface area (Å²) in [5.41, 5.74) is 0. The lowest BCUT2D eigenvalue weighted by Gasteiger charge is -2.08. The fourth-order valence-corrected chi connectivity index (χ4v) is 0.796. The summed E-state index contributed by atoms with van der Waals surface area (Å²) in [5.74, 6) is 0.419. The van der Waals surface area contributed by atoms with Crippen molar-refractivity contribution in [1.82, 2.24) is 0 Å². The standard InChI is InChI=1S/C6H12O3/c1-4(2)5-3-6(7)9-8-5/h4-7H,3H2,1-2H3. The maximum atomic E-state index is 8.80. The van der Waals surface area contributed by atoms with E-state index in [1.807, 2.05) is 13.8 Å². The zero-order valence-electron chi connectivity index (χ0n) is 5.70. The smallest absolute Gasteiger partial charge is 0.191 e. The van der Waals surface area contributed by atoms with E-state index >= 15 is 0 Å². The van der Waals surface area contributed by atoms with Crippen molar-refractivity contribution in [3.63, 3.8) is 0 Å². The Morgan fingerprint density at radius 3 is 2.33 bits per heavy atom. The third kappa shape index (κ3) is 1.64. The van der Waals surface area contributed by atoms with Crippen LogP contribution in [0.1, 0.15) is 20.3 Å². The van der Waals surface area contributed by atoms with E-state index in [0.717, 1.165) is 0 Å². The molecule has 1 rings (SSSR count). The largest absolute Gasteiger partial charge is 0.366 e. The molecule has 54 valence electrons. The highest BCUT2D eigenvalue weighted by molar-refractivity contribution is 4.64. The molecule has 0 saturated carbocycles. The molecule has 1 saturated heterocycles. The van der Waals surface area contributed by atoms with Gasteiger partial charge in [-0.3, -0.25) is 0 Å². The van der Waals surface area contributed by atoms with Gasteiger partial charge in [0.1, 0.15) is 6.10 Å². The Morgan fingerprint density at radius 2 is 2.11 bits per heavy atom. The van der Waals surface area contributed by atoms with Gasteiger partial charge in [-0.25, -0.2) is 9.78 Å². The summed E-state index contributed by atoms with van der Waals surface area (Å²) < 4.78 is 0. The molecular formula is C6H12O3. The molecule has 3 nitrogen and oxygen atoms in total. The second kappa shape index (κ2) is 2.64. The highest BCUT2D eigenvalue weighted by Gasteiger charge is 2.27. The summed E-state index contributed by atoms with van der Waals surface area (Å²) in [5, 5.41) is 8.80. The molecule has 1 aliphatic rings. The van der Waals surface area contributed by atoms with Crippen molar-refractivity contribution in [3.8, 4) is 0 Å². The topological polar surface area (TPSA) is 38.7 Å². The molecular weight excluding hydrogens is 120 g/mol. The Hall–Kier alpha value is -0.120. The first-order valence-electron chi connectivity index (χ1n) is 3.20. The minimum atomic E-state index is -0.711. The van der Waals surface area contributed by atoms with Crippen LogP contribution in [0.15, 0.2) is 0 Å². The number of hydrogen-bond donors (Lipinski definition) is 1. The fraction of sp³-hybridized carbons (Fsp3) is 1.00. The second-order valence-corrected chi connectivity index (χ2v) is 2.67. The zero-order valence-corrected chi connectivity index (χ0v) is 5.70. The van der Waals surface area contributed by atoms with Crippen molar-refractivity contribution in [2.75, 3.05) is 0 Å². The minimum absolute atomic E-state index is 0.0694. The zero-order chi connectivity index (χ0) is 6.85. The van der Waals surface area contributed by atoms with Crippen LogP contribution in [-0.4, -0.2) is 17.5 Å². The van der Waals surface area contributed by atoms with Gasteiger partial charge in [-0.15, -0.1) is 0 Å². The van der Waals surface area contributed by atoms with E-state index in [0.29, 0.717) is 12.3 Å². The molecule has 3 heteroatoms. The molecule has 1 aliphatic heterocycles. The molecule has 1 N–H and O–H groups in total. The van der Waals surface area contributed by atoms with Gasteiger partial charge in [0.25, 0.3) is 0 Å². The predicted octanol–water partition coefficient (Wildman–Crippen LogP) is 0.681. The van der Waals surface area contributed by atoms with Gasteiger partial charge in [-0.2, -0.15) is 0 Å². The first-order valence-corrected chi connectivity index (χ1v) is 3.20. The summed E-state index contributed by atoms with van der Waals surface area (Å²) in [4.78, 5) is 9.26. The monoisotopic (exact) mass is 132 g/mol. The first-order chi connectivity index (χ1) is 4.20. The Bertz CT molecular complexity index is 92.3. The summed E-state index contributed by atoms with van der Waals surface area (Å²) in [6, 6.07) is 0. The van der Waals surface area contributed by atoms with Crippen LogP contribution in [0.4, 0.5) is 0 Å². The summed E-state index contributed by atoms with van der Waals surface area (Å²) in [7, 11) is 0. The van der Waals surface area contributed by atoms with Crippen LogP contribution in [0.25, 0.3) is 0 Å². The fourth-order valence-electron chi connectivity index (χ4n) is 0.796. The molecule has 1 fully saturated rings. The molecule has 0 amide bonds. The first kappa shape index (κ1) is 6.99. The van der Waals surface area contributed by atoms with E-state index in [1.165, 1.54) is 0 Å².